The standard InChI is InChI=1S/C23H25N3O2/c1-3-4-5-14-26-22(17-10-12-18(27)13-11-17)19-20(24-25-21(19)23(26)28)16-8-6-15(2)7-9-16/h6-13,22,27H,3-5,14H2,1-2H3,(H,24,25). The van der Waals surface area contributed by atoms with Crippen LogP contribution in [-0.4, -0.2) is 32.7 Å². The highest BCUT2D eigenvalue weighted by molar-refractivity contribution is 6.00. The van der Waals surface area contributed by atoms with Gasteiger partial charge >= 0.3 is 0 Å². The third kappa shape index (κ3) is 3.17. The number of benzene rings is 2. The smallest absolute Gasteiger partial charge is 0.273 e. The van der Waals surface area contributed by atoms with E-state index in [1.165, 1.54) is 5.56 Å². The molecule has 28 heavy (non-hydrogen) atoms. The highest BCUT2D eigenvalue weighted by Crippen LogP contribution is 2.43. The van der Waals surface area contributed by atoms with Crippen molar-refractivity contribution >= 4 is 5.91 Å². The summed E-state index contributed by atoms with van der Waals surface area (Å²) >= 11 is 0. The van der Waals surface area contributed by atoms with Gasteiger partial charge in [-0.1, -0.05) is 61.7 Å². The minimum Gasteiger partial charge on any atom is -0.508 e. The number of aromatic nitrogens is 2. The first-order valence-electron chi connectivity index (χ1n) is 9.85. The molecule has 1 amide bonds. The number of rotatable bonds is 6. The zero-order valence-electron chi connectivity index (χ0n) is 16.3. The highest BCUT2D eigenvalue weighted by Gasteiger charge is 2.41. The lowest BCUT2D eigenvalue weighted by atomic mass is 9.95. The van der Waals surface area contributed by atoms with Gasteiger partial charge in [0.2, 0.25) is 0 Å². The maximum Gasteiger partial charge on any atom is 0.273 e. The van der Waals surface area contributed by atoms with Gasteiger partial charge in [-0.3, -0.25) is 9.89 Å². The molecule has 144 valence electrons. The normalized spacial score (nSPS) is 15.9. The number of aromatic amines is 1. The Hall–Kier alpha value is -3.08. The van der Waals surface area contributed by atoms with E-state index in [1.54, 1.807) is 12.1 Å². The van der Waals surface area contributed by atoms with Crippen molar-refractivity contribution in [3.8, 4) is 17.0 Å². The minimum atomic E-state index is -0.199. The molecule has 0 aliphatic carbocycles. The van der Waals surface area contributed by atoms with Crippen molar-refractivity contribution in [1.82, 2.24) is 15.1 Å². The molecule has 3 aromatic rings. The molecule has 0 saturated carbocycles. The monoisotopic (exact) mass is 375 g/mol. The van der Waals surface area contributed by atoms with Gasteiger partial charge in [-0.2, -0.15) is 5.10 Å². The van der Waals surface area contributed by atoms with E-state index >= 15 is 0 Å². The van der Waals surface area contributed by atoms with Crippen LogP contribution in [-0.2, 0) is 0 Å². The molecule has 1 unspecified atom stereocenters. The van der Waals surface area contributed by atoms with Crippen molar-refractivity contribution in [2.24, 2.45) is 0 Å². The van der Waals surface area contributed by atoms with Crippen LogP contribution in [0.2, 0.25) is 0 Å². The predicted molar refractivity (Wildman–Crippen MR) is 109 cm³/mol. The summed E-state index contributed by atoms with van der Waals surface area (Å²) in [7, 11) is 0. The number of H-pyrrole nitrogens is 1. The number of phenolic OH excluding ortho intramolecular Hbond substituents is 1. The highest BCUT2D eigenvalue weighted by atomic mass is 16.3. The van der Waals surface area contributed by atoms with E-state index in [4.69, 9.17) is 0 Å². The van der Waals surface area contributed by atoms with Gasteiger partial charge in [0.15, 0.2) is 0 Å². The van der Waals surface area contributed by atoms with Crippen molar-refractivity contribution < 1.29 is 9.90 Å². The number of aromatic hydroxyl groups is 1. The number of amides is 1. The summed E-state index contributed by atoms with van der Waals surface area (Å²) in [6.07, 6.45) is 3.16. The molecule has 0 fully saturated rings. The molecule has 0 saturated heterocycles. The molecule has 0 bridgehead atoms. The van der Waals surface area contributed by atoms with Crippen molar-refractivity contribution in [1.29, 1.82) is 0 Å². The molecule has 1 atom stereocenters. The van der Waals surface area contributed by atoms with Crippen LogP contribution in [0.3, 0.4) is 0 Å². The Kier molecular flexibility index (Phi) is 4.90. The molecule has 0 radical (unpaired) electrons. The van der Waals surface area contributed by atoms with Crippen LogP contribution >= 0.6 is 0 Å². The number of carbonyl (C=O) groups is 1. The van der Waals surface area contributed by atoms with Gasteiger partial charge in [0.05, 0.1) is 11.7 Å². The third-order valence-electron chi connectivity index (χ3n) is 5.40. The molecule has 2 heterocycles. The third-order valence-corrected chi connectivity index (χ3v) is 5.40. The van der Waals surface area contributed by atoms with Crippen molar-refractivity contribution in [2.45, 2.75) is 39.2 Å². The summed E-state index contributed by atoms with van der Waals surface area (Å²) in [5.74, 6) is 0.215. The fourth-order valence-electron chi connectivity index (χ4n) is 3.89. The first-order chi connectivity index (χ1) is 13.6. The van der Waals surface area contributed by atoms with Crippen molar-refractivity contribution in [3.63, 3.8) is 0 Å². The largest absolute Gasteiger partial charge is 0.508 e. The maximum atomic E-state index is 13.1. The lowest BCUT2D eigenvalue weighted by molar-refractivity contribution is 0.0740. The number of hydrogen-bond donors (Lipinski definition) is 2. The molecule has 5 nitrogen and oxygen atoms in total. The van der Waals surface area contributed by atoms with E-state index in [-0.39, 0.29) is 17.7 Å². The summed E-state index contributed by atoms with van der Waals surface area (Å²) in [4.78, 5) is 15.1. The van der Waals surface area contributed by atoms with Gasteiger partial charge < -0.3 is 10.0 Å². The zero-order chi connectivity index (χ0) is 19.7. The Balaban J connectivity index is 1.80. The zero-order valence-corrected chi connectivity index (χ0v) is 16.3. The molecule has 1 aliphatic heterocycles. The number of nitrogens with one attached hydrogen (secondary N) is 1. The molecule has 0 spiro atoms. The lowest BCUT2D eigenvalue weighted by Gasteiger charge is -2.26. The fraction of sp³-hybridized carbons (Fsp3) is 0.304. The average Bonchev–Trinajstić information content (AvgIpc) is 3.23. The average molecular weight is 375 g/mol. The number of nitrogens with zero attached hydrogens (tertiary/aromatic N) is 2. The van der Waals surface area contributed by atoms with E-state index in [0.717, 1.165) is 41.6 Å². The summed E-state index contributed by atoms with van der Waals surface area (Å²) in [6.45, 7) is 4.91. The molecular weight excluding hydrogens is 350 g/mol. The molecule has 2 N–H and O–H groups in total. The Morgan fingerprint density at radius 3 is 2.46 bits per heavy atom. The molecule has 5 heteroatoms. The molecule has 1 aromatic heterocycles. The van der Waals surface area contributed by atoms with E-state index in [9.17, 15) is 9.90 Å². The van der Waals surface area contributed by atoms with Crippen LogP contribution in [0.25, 0.3) is 11.3 Å². The topological polar surface area (TPSA) is 69.2 Å². The van der Waals surface area contributed by atoms with Crippen LogP contribution in [0, 0.1) is 6.92 Å². The summed E-state index contributed by atoms with van der Waals surface area (Å²) < 4.78 is 0. The number of aryl methyl sites for hydroxylation is 1. The Bertz CT molecular complexity index is 974. The van der Waals surface area contributed by atoms with Crippen LogP contribution < -0.4 is 0 Å². The Morgan fingerprint density at radius 2 is 1.79 bits per heavy atom. The van der Waals surface area contributed by atoms with E-state index in [1.807, 2.05) is 29.2 Å². The van der Waals surface area contributed by atoms with Crippen molar-refractivity contribution in [2.75, 3.05) is 6.54 Å². The van der Waals surface area contributed by atoms with Gasteiger partial charge in [0, 0.05) is 17.7 Å². The first kappa shape index (κ1) is 18.3. The van der Waals surface area contributed by atoms with Crippen LogP contribution in [0.1, 0.15) is 59.4 Å². The second-order valence-corrected chi connectivity index (χ2v) is 7.43. The predicted octanol–water partition coefficient (Wildman–Crippen LogP) is 4.83. The Labute approximate surface area is 165 Å². The van der Waals surface area contributed by atoms with Crippen molar-refractivity contribution in [3.05, 3.63) is 70.9 Å². The number of phenols is 1. The summed E-state index contributed by atoms with van der Waals surface area (Å²) in [5, 5.41) is 17.2. The molecule has 4 rings (SSSR count). The van der Waals surface area contributed by atoms with Crippen LogP contribution in [0.4, 0.5) is 0 Å². The number of unbranched alkanes of at least 4 members (excludes halogenated alkanes) is 2. The van der Waals surface area contributed by atoms with Gasteiger partial charge in [-0.15, -0.1) is 0 Å². The number of fused-ring (bicyclic) bond motifs is 1. The lowest BCUT2D eigenvalue weighted by Crippen LogP contribution is -2.30. The number of carbonyl (C=O) groups excluding carboxylic acids is 1. The number of hydrogen-bond acceptors (Lipinski definition) is 3. The molecular formula is C23H25N3O2. The summed E-state index contributed by atoms with van der Waals surface area (Å²) in [5.41, 5.74) is 5.48. The SMILES string of the molecule is CCCCCN1C(=O)c2[nH]nc(-c3ccc(C)cc3)c2C1c1ccc(O)cc1. The van der Waals surface area contributed by atoms with Gasteiger partial charge in [-0.25, -0.2) is 0 Å². The van der Waals surface area contributed by atoms with Gasteiger partial charge in [0.1, 0.15) is 11.4 Å². The van der Waals surface area contributed by atoms with E-state index in [0.29, 0.717) is 12.2 Å². The second-order valence-electron chi connectivity index (χ2n) is 7.43. The minimum absolute atomic E-state index is 0.00459. The van der Waals surface area contributed by atoms with E-state index < -0.39 is 0 Å². The first-order valence-corrected chi connectivity index (χ1v) is 9.85. The van der Waals surface area contributed by atoms with Gasteiger partial charge in [-0.05, 0) is 31.0 Å². The fourth-order valence-corrected chi connectivity index (χ4v) is 3.89. The summed E-state index contributed by atoms with van der Waals surface area (Å²) in [6, 6.07) is 15.1. The quantitative estimate of drug-likeness (QED) is 0.607. The van der Waals surface area contributed by atoms with E-state index in [2.05, 4.69) is 36.2 Å². The maximum absolute atomic E-state index is 13.1. The van der Waals surface area contributed by atoms with Crippen LogP contribution in [0.15, 0.2) is 48.5 Å². The molecule has 2 aromatic carbocycles. The molecule has 1 aliphatic rings. The van der Waals surface area contributed by atoms with Gasteiger partial charge in [0.25, 0.3) is 5.91 Å². The second kappa shape index (κ2) is 7.50. The van der Waals surface area contributed by atoms with Crippen LogP contribution in [0.5, 0.6) is 5.75 Å². The Morgan fingerprint density at radius 1 is 1.07 bits per heavy atom.